The fraction of sp³-hybridized carbons (Fsp3) is 0.160. The standard InChI is InChI=1S/C25H22N6O2S/c1-33-21-14-12-19(13-15-21)23-16-22(18-8-4-2-5-9-18)27-31(23)24(32)17-34-25-26-28-29-30(25)20-10-6-3-7-11-20/h2-15,23H,16-17H2,1H3/t23-/m1/s1. The van der Waals surface area contributed by atoms with E-state index < -0.39 is 0 Å². The number of carbonyl (C=O) groups is 1. The van der Waals surface area contributed by atoms with Crippen molar-refractivity contribution in [2.24, 2.45) is 5.10 Å². The van der Waals surface area contributed by atoms with Crippen LogP contribution in [-0.4, -0.2) is 49.7 Å². The van der Waals surface area contributed by atoms with Gasteiger partial charge < -0.3 is 4.74 Å². The number of hydrogen-bond acceptors (Lipinski definition) is 7. The van der Waals surface area contributed by atoms with Gasteiger partial charge in [0.1, 0.15) is 5.75 Å². The third-order valence-corrected chi connectivity index (χ3v) is 6.44. The van der Waals surface area contributed by atoms with Gasteiger partial charge in [-0.1, -0.05) is 72.4 Å². The molecule has 0 unspecified atom stereocenters. The lowest BCUT2D eigenvalue weighted by Crippen LogP contribution is -2.28. The number of carbonyl (C=O) groups excluding carboxylic acids is 1. The Kier molecular flexibility index (Phi) is 6.35. The number of aromatic nitrogens is 4. The number of amides is 1. The molecule has 2 heterocycles. The third-order valence-electron chi connectivity index (χ3n) is 5.54. The maximum atomic E-state index is 13.4. The summed E-state index contributed by atoms with van der Waals surface area (Å²) in [6.07, 6.45) is 0.633. The Bertz CT molecular complexity index is 1290. The summed E-state index contributed by atoms with van der Waals surface area (Å²) in [6, 6.07) is 27.1. The lowest BCUT2D eigenvalue weighted by atomic mass is 9.98. The van der Waals surface area contributed by atoms with Crippen LogP contribution in [0.25, 0.3) is 5.69 Å². The molecule has 3 aromatic carbocycles. The molecule has 0 saturated heterocycles. The predicted molar refractivity (Wildman–Crippen MR) is 130 cm³/mol. The minimum Gasteiger partial charge on any atom is -0.497 e. The summed E-state index contributed by atoms with van der Waals surface area (Å²) >= 11 is 1.29. The predicted octanol–water partition coefficient (Wildman–Crippen LogP) is 4.14. The van der Waals surface area contributed by atoms with Gasteiger partial charge in [-0.15, -0.1) is 5.10 Å². The molecular weight excluding hydrogens is 448 g/mol. The Balaban J connectivity index is 1.38. The zero-order chi connectivity index (χ0) is 23.3. The molecule has 1 amide bonds. The molecule has 0 fully saturated rings. The van der Waals surface area contributed by atoms with E-state index in [1.165, 1.54) is 11.8 Å². The van der Waals surface area contributed by atoms with Gasteiger partial charge in [0.15, 0.2) is 0 Å². The quantitative estimate of drug-likeness (QED) is 0.378. The second-order valence-corrected chi connectivity index (χ2v) is 8.58. The Morgan fingerprint density at radius 1 is 1.00 bits per heavy atom. The molecular formula is C25H22N6O2S. The van der Waals surface area contributed by atoms with Crippen LogP contribution in [0.2, 0.25) is 0 Å². The van der Waals surface area contributed by atoms with E-state index in [1.54, 1.807) is 16.8 Å². The number of thioether (sulfide) groups is 1. The molecule has 0 N–H and O–H groups in total. The van der Waals surface area contributed by atoms with Crippen molar-refractivity contribution >= 4 is 23.4 Å². The van der Waals surface area contributed by atoms with E-state index in [-0.39, 0.29) is 17.7 Å². The number of benzene rings is 3. The highest BCUT2D eigenvalue weighted by Gasteiger charge is 2.33. The average molecular weight is 471 g/mol. The Morgan fingerprint density at radius 2 is 1.71 bits per heavy atom. The van der Waals surface area contributed by atoms with Crippen molar-refractivity contribution in [1.29, 1.82) is 0 Å². The summed E-state index contributed by atoms with van der Waals surface area (Å²) in [6.45, 7) is 0. The molecule has 9 heteroatoms. The van der Waals surface area contributed by atoms with Crippen molar-refractivity contribution in [1.82, 2.24) is 25.2 Å². The minimum atomic E-state index is -0.195. The van der Waals surface area contributed by atoms with Crippen LogP contribution >= 0.6 is 11.8 Å². The van der Waals surface area contributed by atoms with Gasteiger partial charge in [0.2, 0.25) is 5.16 Å². The van der Waals surface area contributed by atoms with Gasteiger partial charge in [0.05, 0.1) is 30.3 Å². The maximum absolute atomic E-state index is 13.4. The van der Waals surface area contributed by atoms with E-state index in [2.05, 4.69) is 15.5 Å². The van der Waals surface area contributed by atoms with Gasteiger partial charge in [0.25, 0.3) is 5.91 Å². The van der Waals surface area contributed by atoms with Gasteiger partial charge in [0, 0.05) is 6.42 Å². The maximum Gasteiger partial charge on any atom is 0.253 e. The first kappa shape index (κ1) is 21.8. The first-order valence-corrected chi connectivity index (χ1v) is 11.8. The smallest absolute Gasteiger partial charge is 0.253 e. The molecule has 5 rings (SSSR count). The largest absolute Gasteiger partial charge is 0.497 e. The van der Waals surface area contributed by atoms with Crippen molar-refractivity contribution in [3.63, 3.8) is 0 Å². The van der Waals surface area contributed by atoms with E-state index in [4.69, 9.17) is 9.84 Å². The van der Waals surface area contributed by atoms with Crippen molar-refractivity contribution in [2.75, 3.05) is 12.9 Å². The first-order valence-electron chi connectivity index (χ1n) is 10.8. The van der Waals surface area contributed by atoms with Crippen LogP contribution in [0, 0.1) is 0 Å². The molecule has 1 atom stereocenters. The third kappa shape index (κ3) is 4.55. The van der Waals surface area contributed by atoms with Gasteiger partial charge in [-0.25, -0.2) is 5.01 Å². The number of hydrazone groups is 1. The Labute approximate surface area is 201 Å². The van der Waals surface area contributed by atoms with Crippen molar-refractivity contribution < 1.29 is 9.53 Å². The van der Waals surface area contributed by atoms with Crippen LogP contribution in [0.15, 0.2) is 95.2 Å². The Hall–Kier alpha value is -3.98. The molecule has 0 bridgehead atoms. The topological polar surface area (TPSA) is 85.5 Å². The molecule has 170 valence electrons. The van der Waals surface area contributed by atoms with Crippen LogP contribution in [0.5, 0.6) is 5.75 Å². The van der Waals surface area contributed by atoms with E-state index in [9.17, 15) is 4.79 Å². The van der Waals surface area contributed by atoms with E-state index >= 15 is 0 Å². The molecule has 1 aliphatic rings. The number of methoxy groups -OCH3 is 1. The minimum absolute atomic E-state index is 0.112. The van der Waals surface area contributed by atoms with Crippen LogP contribution in [0.4, 0.5) is 0 Å². The number of ether oxygens (including phenoxy) is 1. The highest BCUT2D eigenvalue weighted by molar-refractivity contribution is 7.99. The van der Waals surface area contributed by atoms with E-state index in [1.807, 2.05) is 84.9 Å². The second kappa shape index (κ2) is 9.88. The van der Waals surface area contributed by atoms with Crippen LogP contribution < -0.4 is 4.74 Å². The summed E-state index contributed by atoms with van der Waals surface area (Å²) < 4.78 is 6.92. The zero-order valence-electron chi connectivity index (χ0n) is 18.5. The van der Waals surface area contributed by atoms with Crippen LogP contribution in [-0.2, 0) is 4.79 Å². The number of para-hydroxylation sites is 1. The first-order chi connectivity index (χ1) is 16.7. The van der Waals surface area contributed by atoms with E-state index in [0.29, 0.717) is 11.6 Å². The van der Waals surface area contributed by atoms with Crippen molar-refractivity contribution in [2.45, 2.75) is 17.6 Å². The number of tetrazole rings is 1. The molecule has 1 aromatic heterocycles. The molecule has 8 nitrogen and oxygen atoms in total. The van der Waals surface area contributed by atoms with Gasteiger partial charge >= 0.3 is 0 Å². The molecule has 4 aromatic rings. The molecule has 0 aliphatic carbocycles. The summed E-state index contributed by atoms with van der Waals surface area (Å²) in [5.41, 5.74) is 3.73. The van der Waals surface area contributed by atoms with Gasteiger partial charge in [-0.3, -0.25) is 4.79 Å². The lowest BCUT2D eigenvalue weighted by molar-refractivity contribution is -0.130. The number of rotatable bonds is 7. The number of nitrogens with zero attached hydrogens (tertiary/aromatic N) is 6. The lowest BCUT2D eigenvalue weighted by Gasteiger charge is -2.22. The molecule has 34 heavy (non-hydrogen) atoms. The fourth-order valence-electron chi connectivity index (χ4n) is 3.82. The van der Waals surface area contributed by atoms with Crippen molar-refractivity contribution in [3.05, 3.63) is 96.1 Å². The summed E-state index contributed by atoms with van der Waals surface area (Å²) in [7, 11) is 1.64. The molecule has 1 aliphatic heterocycles. The average Bonchev–Trinajstić information content (AvgIpc) is 3.56. The van der Waals surface area contributed by atoms with Crippen LogP contribution in [0.3, 0.4) is 0 Å². The normalized spacial score (nSPS) is 15.3. The summed E-state index contributed by atoms with van der Waals surface area (Å²) in [5, 5.41) is 18.8. The summed E-state index contributed by atoms with van der Waals surface area (Å²) in [4.78, 5) is 13.4. The van der Waals surface area contributed by atoms with Gasteiger partial charge in [-0.2, -0.15) is 9.78 Å². The SMILES string of the molecule is COc1ccc([C@H]2CC(c3ccccc3)=NN2C(=O)CSc2nnnn2-c2ccccc2)cc1. The highest BCUT2D eigenvalue weighted by atomic mass is 32.2. The Morgan fingerprint density at radius 3 is 2.41 bits per heavy atom. The second-order valence-electron chi connectivity index (χ2n) is 7.64. The zero-order valence-corrected chi connectivity index (χ0v) is 19.3. The molecule has 0 saturated carbocycles. The monoisotopic (exact) mass is 470 g/mol. The van der Waals surface area contributed by atoms with Gasteiger partial charge in [-0.05, 0) is 45.8 Å². The molecule has 0 spiro atoms. The highest BCUT2D eigenvalue weighted by Crippen LogP contribution is 2.34. The van der Waals surface area contributed by atoms with Crippen LogP contribution in [0.1, 0.15) is 23.6 Å². The van der Waals surface area contributed by atoms with E-state index in [0.717, 1.165) is 28.3 Å². The number of hydrogen-bond donors (Lipinski definition) is 0. The van der Waals surface area contributed by atoms with Crippen molar-refractivity contribution in [3.8, 4) is 11.4 Å². The fourth-order valence-corrected chi connectivity index (χ4v) is 4.57. The summed E-state index contributed by atoms with van der Waals surface area (Å²) in [5.74, 6) is 0.817. The molecule has 0 radical (unpaired) electrons.